The Hall–Kier alpha value is -1.41. The molecule has 2 atom stereocenters. The zero-order chi connectivity index (χ0) is 15.8. The van der Waals surface area contributed by atoms with E-state index in [9.17, 15) is 13.2 Å². The highest BCUT2D eigenvalue weighted by Gasteiger charge is 2.34. The number of hydrogen-bond acceptors (Lipinski definition) is 4. The molecule has 8 heteroatoms. The second-order valence-corrected chi connectivity index (χ2v) is 7.68. The van der Waals surface area contributed by atoms with Gasteiger partial charge in [0.15, 0.2) is 0 Å². The van der Waals surface area contributed by atoms with Crippen molar-refractivity contribution in [1.29, 1.82) is 0 Å². The Labute approximate surface area is 125 Å². The molecule has 2 rings (SSSR count). The molecule has 1 aromatic heterocycles. The molecule has 1 saturated heterocycles. The number of hydrogen-bond donors (Lipinski definition) is 1. The van der Waals surface area contributed by atoms with Crippen LogP contribution in [0, 0.1) is 11.8 Å². The van der Waals surface area contributed by atoms with Gasteiger partial charge in [-0.1, -0.05) is 13.8 Å². The first-order valence-corrected chi connectivity index (χ1v) is 8.75. The van der Waals surface area contributed by atoms with Crippen LogP contribution in [0.5, 0.6) is 0 Å². The molecule has 0 aliphatic carbocycles. The van der Waals surface area contributed by atoms with Crippen LogP contribution in [-0.4, -0.2) is 36.4 Å². The fourth-order valence-corrected chi connectivity index (χ4v) is 3.44. The van der Waals surface area contributed by atoms with Crippen LogP contribution in [-0.2, 0) is 14.8 Å². The van der Waals surface area contributed by atoms with Gasteiger partial charge in [-0.25, -0.2) is 18.2 Å². The molecular formula is C13H22N4O3S. The van der Waals surface area contributed by atoms with E-state index >= 15 is 0 Å². The number of rotatable bonds is 5. The standard InChI is InChI=1S/C13H22N4O3S/c1-9(2)10(3)17-12(4-5-15-17)16-7-11(6-13(16)18)8-21(14,19)20/h4-5,9-11H,6-8H2,1-3H3,(H2,14,19,20). The highest BCUT2D eigenvalue weighted by Crippen LogP contribution is 2.29. The smallest absolute Gasteiger partial charge is 0.228 e. The number of carbonyl (C=O) groups excluding carboxylic acids is 1. The van der Waals surface area contributed by atoms with Crippen LogP contribution < -0.4 is 10.0 Å². The second kappa shape index (κ2) is 5.76. The number of sulfonamides is 1. The molecule has 1 amide bonds. The van der Waals surface area contributed by atoms with Crippen LogP contribution in [0.1, 0.15) is 33.2 Å². The van der Waals surface area contributed by atoms with Gasteiger partial charge in [0.25, 0.3) is 0 Å². The predicted molar refractivity (Wildman–Crippen MR) is 80.2 cm³/mol. The van der Waals surface area contributed by atoms with Gasteiger partial charge in [0.05, 0.1) is 18.0 Å². The molecule has 21 heavy (non-hydrogen) atoms. The normalized spacial score (nSPS) is 21.3. The van der Waals surface area contributed by atoms with Gasteiger partial charge >= 0.3 is 0 Å². The van der Waals surface area contributed by atoms with Crippen LogP contribution in [0.25, 0.3) is 0 Å². The number of anilines is 1. The van der Waals surface area contributed by atoms with Crippen molar-refractivity contribution in [2.24, 2.45) is 17.0 Å². The molecule has 1 fully saturated rings. The lowest BCUT2D eigenvalue weighted by Gasteiger charge is -2.23. The monoisotopic (exact) mass is 314 g/mol. The fourth-order valence-electron chi connectivity index (χ4n) is 2.56. The summed E-state index contributed by atoms with van der Waals surface area (Å²) in [5, 5.41) is 9.36. The Morgan fingerprint density at radius 3 is 2.67 bits per heavy atom. The van der Waals surface area contributed by atoms with Gasteiger partial charge in [-0.05, 0) is 12.8 Å². The average Bonchev–Trinajstić information content (AvgIpc) is 2.92. The molecule has 0 spiro atoms. The maximum absolute atomic E-state index is 12.2. The van der Waals surface area contributed by atoms with Gasteiger partial charge < -0.3 is 0 Å². The molecule has 1 aliphatic heterocycles. The SMILES string of the molecule is CC(C)C(C)n1nccc1N1CC(CS(N)(=O)=O)CC1=O. The van der Waals surface area contributed by atoms with E-state index < -0.39 is 10.0 Å². The maximum atomic E-state index is 12.2. The molecule has 0 radical (unpaired) electrons. The van der Waals surface area contributed by atoms with Crippen LogP contribution in [0.3, 0.4) is 0 Å². The number of nitrogens with two attached hydrogens (primary N) is 1. The quantitative estimate of drug-likeness (QED) is 0.866. The number of nitrogens with zero attached hydrogens (tertiary/aromatic N) is 3. The summed E-state index contributed by atoms with van der Waals surface area (Å²) in [6.45, 7) is 6.59. The van der Waals surface area contributed by atoms with Crippen molar-refractivity contribution < 1.29 is 13.2 Å². The molecule has 2 heterocycles. The highest BCUT2D eigenvalue weighted by molar-refractivity contribution is 7.89. The van der Waals surface area contributed by atoms with Gasteiger partial charge in [0.1, 0.15) is 5.82 Å². The Balaban J connectivity index is 2.20. The van der Waals surface area contributed by atoms with Gasteiger partial charge in [-0.15, -0.1) is 0 Å². The third-order valence-electron chi connectivity index (χ3n) is 3.95. The maximum Gasteiger partial charge on any atom is 0.228 e. The zero-order valence-electron chi connectivity index (χ0n) is 12.6. The molecule has 1 aromatic rings. The molecule has 118 valence electrons. The molecule has 2 unspecified atom stereocenters. The summed E-state index contributed by atoms with van der Waals surface area (Å²) >= 11 is 0. The summed E-state index contributed by atoms with van der Waals surface area (Å²) in [6, 6.07) is 1.94. The third kappa shape index (κ3) is 3.62. The minimum Gasteiger partial charge on any atom is -0.297 e. The number of primary sulfonamides is 1. The largest absolute Gasteiger partial charge is 0.297 e. The van der Waals surface area contributed by atoms with Gasteiger partial charge in [0, 0.05) is 24.9 Å². The molecule has 2 N–H and O–H groups in total. The van der Waals surface area contributed by atoms with Crippen molar-refractivity contribution in [1.82, 2.24) is 9.78 Å². The molecule has 0 aromatic carbocycles. The van der Waals surface area contributed by atoms with Crippen molar-refractivity contribution in [2.75, 3.05) is 17.2 Å². The number of amides is 1. The van der Waals surface area contributed by atoms with Gasteiger partial charge in [-0.2, -0.15) is 5.10 Å². The van der Waals surface area contributed by atoms with Crippen molar-refractivity contribution in [3.8, 4) is 0 Å². The highest BCUT2D eigenvalue weighted by atomic mass is 32.2. The summed E-state index contributed by atoms with van der Waals surface area (Å²) in [7, 11) is -3.56. The summed E-state index contributed by atoms with van der Waals surface area (Å²) in [5.74, 6) is 0.592. The minimum atomic E-state index is -3.56. The lowest BCUT2D eigenvalue weighted by molar-refractivity contribution is -0.117. The molecule has 0 saturated carbocycles. The van der Waals surface area contributed by atoms with E-state index in [0.29, 0.717) is 12.5 Å². The second-order valence-electron chi connectivity index (χ2n) is 6.02. The van der Waals surface area contributed by atoms with Crippen molar-refractivity contribution in [3.05, 3.63) is 12.3 Å². The average molecular weight is 314 g/mol. The third-order valence-corrected chi connectivity index (χ3v) is 4.89. The van der Waals surface area contributed by atoms with Crippen LogP contribution in [0.2, 0.25) is 0 Å². The molecular weight excluding hydrogens is 292 g/mol. The van der Waals surface area contributed by atoms with Gasteiger partial charge in [-0.3, -0.25) is 9.69 Å². The minimum absolute atomic E-state index is 0.0821. The van der Waals surface area contributed by atoms with Crippen molar-refractivity contribution >= 4 is 21.7 Å². The van der Waals surface area contributed by atoms with E-state index in [0.717, 1.165) is 5.82 Å². The summed E-state index contributed by atoms with van der Waals surface area (Å²) < 4.78 is 24.2. The van der Waals surface area contributed by atoms with Crippen LogP contribution in [0.15, 0.2) is 12.3 Å². The Morgan fingerprint density at radius 2 is 2.10 bits per heavy atom. The Kier molecular flexibility index (Phi) is 4.38. The van der Waals surface area contributed by atoms with E-state index in [-0.39, 0.29) is 30.0 Å². The zero-order valence-corrected chi connectivity index (χ0v) is 13.4. The van der Waals surface area contributed by atoms with E-state index in [1.807, 2.05) is 11.6 Å². The van der Waals surface area contributed by atoms with E-state index in [2.05, 4.69) is 18.9 Å². The lowest BCUT2D eigenvalue weighted by atomic mass is 10.1. The Bertz CT molecular complexity index is 623. The molecule has 7 nitrogen and oxygen atoms in total. The van der Waals surface area contributed by atoms with E-state index in [1.54, 1.807) is 17.2 Å². The molecule has 1 aliphatic rings. The lowest BCUT2D eigenvalue weighted by Crippen LogP contribution is -2.30. The molecule has 0 bridgehead atoms. The van der Waals surface area contributed by atoms with Crippen molar-refractivity contribution in [3.63, 3.8) is 0 Å². The fraction of sp³-hybridized carbons (Fsp3) is 0.692. The van der Waals surface area contributed by atoms with Crippen LogP contribution >= 0.6 is 0 Å². The van der Waals surface area contributed by atoms with E-state index in [4.69, 9.17) is 5.14 Å². The van der Waals surface area contributed by atoms with E-state index in [1.165, 1.54) is 0 Å². The summed E-state index contributed by atoms with van der Waals surface area (Å²) in [5.41, 5.74) is 0. The van der Waals surface area contributed by atoms with Crippen LogP contribution in [0.4, 0.5) is 5.82 Å². The van der Waals surface area contributed by atoms with Gasteiger partial charge in [0.2, 0.25) is 15.9 Å². The number of aromatic nitrogens is 2. The topological polar surface area (TPSA) is 98.3 Å². The summed E-state index contributed by atoms with van der Waals surface area (Å²) in [6.07, 6.45) is 1.87. The Morgan fingerprint density at radius 1 is 1.43 bits per heavy atom. The first kappa shape index (κ1) is 16.0. The summed E-state index contributed by atoms with van der Waals surface area (Å²) in [4.78, 5) is 13.8. The van der Waals surface area contributed by atoms with Crippen molar-refractivity contribution in [2.45, 2.75) is 33.2 Å². The predicted octanol–water partition coefficient (Wildman–Crippen LogP) is 0.742. The first-order valence-electron chi connectivity index (χ1n) is 7.03. The number of carbonyl (C=O) groups is 1. The first-order chi connectivity index (χ1) is 9.69.